The molecule has 2 unspecified atom stereocenters. The molecule has 7 heteroatoms. The van der Waals surface area contributed by atoms with Crippen LogP contribution in [0.1, 0.15) is 41.7 Å². The van der Waals surface area contributed by atoms with Crippen LogP contribution in [-0.4, -0.2) is 39.6 Å². The molecule has 2 aromatic rings. The number of amides is 2. The molecule has 1 saturated heterocycles. The molecule has 0 radical (unpaired) electrons. The SMILES string of the molecule is Cc1cc(C)n(C(C)CC(=O)N2CCNC(=O)C2c2cccs2)n1. The van der Waals surface area contributed by atoms with Gasteiger partial charge in [-0.05, 0) is 38.3 Å². The molecular formula is C17H22N4O2S. The molecule has 1 N–H and O–H groups in total. The van der Waals surface area contributed by atoms with Crippen LogP contribution in [0.2, 0.25) is 0 Å². The maximum atomic E-state index is 12.9. The molecular weight excluding hydrogens is 324 g/mol. The minimum absolute atomic E-state index is 0.0108. The third kappa shape index (κ3) is 3.21. The average Bonchev–Trinajstić information content (AvgIpc) is 3.16. The zero-order valence-corrected chi connectivity index (χ0v) is 15.0. The summed E-state index contributed by atoms with van der Waals surface area (Å²) in [7, 11) is 0. The van der Waals surface area contributed by atoms with Crippen LogP contribution >= 0.6 is 11.3 Å². The monoisotopic (exact) mass is 346 g/mol. The number of nitrogens with one attached hydrogen (secondary N) is 1. The van der Waals surface area contributed by atoms with Crippen LogP contribution in [0.25, 0.3) is 0 Å². The number of nitrogens with zero attached hydrogens (tertiary/aromatic N) is 3. The third-order valence-corrected chi connectivity index (χ3v) is 5.20. The summed E-state index contributed by atoms with van der Waals surface area (Å²) in [6.07, 6.45) is 0.330. The van der Waals surface area contributed by atoms with Crippen molar-refractivity contribution in [1.29, 1.82) is 0 Å². The quantitative estimate of drug-likeness (QED) is 0.923. The van der Waals surface area contributed by atoms with E-state index in [4.69, 9.17) is 0 Å². The van der Waals surface area contributed by atoms with Gasteiger partial charge in [-0.3, -0.25) is 14.3 Å². The van der Waals surface area contributed by atoms with Crippen molar-refractivity contribution in [1.82, 2.24) is 20.0 Å². The van der Waals surface area contributed by atoms with Gasteiger partial charge in [0.25, 0.3) is 0 Å². The highest BCUT2D eigenvalue weighted by atomic mass is 32.1. The molecule has 0 saturated carbocycles. The first-order valence-electron chi connectivity index (χ1n) is 8.10. The van der Waals surface area contributed by atoms with Gasteiger partial charge in [0.2, 0.25) is 11.8 Å². The van der Waals surface area contributed by atoms with E-state index in [9.17, 15) is 9.59 Å². The van der Waals surface area contributed by atoms with E-state index in [-0.39, 0.29) is 17.9 Å². The fraction of sp³-hybridized carbons (Fsp3) is 0.471. The maximum Gasteiger partial charge on any atom is 0.248 e. The second kappa shape index (κ2) is 6.76. The average molecular weight is 346 g/mol. The Labute approximate surface area is 145 Å². The molecule has 0 spiro atoms. The number of hydrogen-bond donors (Lipinski definition) is 1. The molecule has 0 aromatic carbocycles. The molecule has 1 fully saturated rings. The van der Waals surface area contributed by atoms with Crippen molar-refractivity contribution in [2.24, 2.45) is 0 Å². The molecule has 6 nitrogen and oxygen atoms in total. The van der Waals surface area contributed by atoms with Gasteiger partial charge >= 0.3 is 0 Å². The highest BCUT2D eigenvalue weighted by molar-refractivity contribution is 7.10. The van der Waals surface area contributed by atoms with Crippen LogP contribution < -0.4 is 5.32 Å². The molecule has 1 aliphatic heterocycles. The summed E-state index contributed by atoms with van der Waals surface area (Å²) in [5.74, 6) is -0.112. The Morgan fingerprint density at radius 3 is 2.92 bits per heavy atom. The number of aromatic nitrogens is 2. The molecule has 2 amide bonds. The first-order chi connectivity index (χ1) is 11.5. The van der Waals surface area contributed by atoms with E-state index in [0.717, 1.165) is 16.3 Å². The maximum absolute atomic E-state index is 12.9. The zero-order chi connectivity index (χ0) is 17.3. The lowest BCUT2D eigenvalue weighted by molar-refractivity contribution is -0.144. The molecule has 2 aromatic heterocycles. The van der Waals surface area contributed by atoms with Crippen LogP contribution in [0, 0.1) is 13.8 Å². The molecule has 2 atom stereocenters. The number of aryl methyl sites for hydroxylation is 2. The lowest BCUT2D eigenvalue weighted by Gasteiger charge is -2.35. The van der Waals surface area contributed by atoms with E-state index in [0.29, 0.717) is 19.5 Å². The van der Waals surface area contributed by atoms with Crippen molar-refractivity contribution in [2.75, 3.05) is 13.1 Å². The Hall–Kier alpha value is -2.15. The molecule has 24 heavy (non-hydrogen) atoms. The number of carbonyl (C=O) groups is 2. The van der Waals surface area contributed by atoms with Gasteiger partial charge in [0.15, 0.2) is 0 Å². The smallest absolute Gasteiger partial charge is 0.248 e. The highest BCUT2D eigenvalue weighted by Crippen LogP contribution is 2.28. The Balaban J connectivity index is 1.77. The van der Waals surface area contributed by atoms with Crippen molar-refractivity contribution in [3.63, 3.8) is 0 Å². The van der Waals surface area contributed by atoms with Crippen LogP contribution in [-0.2, 0) is 9.59 Å². The Morgan fingerprint density at radius 2 is 2.29 bits per heavy atom. The van der Waals surface area contributed by atoms with Crippen LogP contribution in [0.15, 0.2) is 23.6 Å². The molecule has 3 heterocycles. The summed E-state index contributed by atoms with van der Waals surface area (Å²) >= 11 is 1.50. The summed E-state index contributed by atoms with van der Waals surface area (Å²) in [6, 6.07) is 5.26. The molecule has 3 rings (SSSR count). The van der Waals surface area contributed by atoms with Crippen LogP contribution in [0.5, 0.6) is 0 Å². The van der Waals surface area contributed by atoms with E-state index < -0.39 is 6.04 Å². The summed E-state index contributed by atoms with van der Waals surface area (Å²) < 4.78 is 1.89. The minimum atomic E-state index is -0.515. The minimum Gasteiger partial charge on any atom is -0.352 e. The van der Waals surface area contributed by atoms with Crippen LogP contribution in [0.3, 0.4) is 0 Å². The van der Waals surface area contributed by atoms with Gasteiger partial charge in [-0.2, -0.15) is 5.10 Å². The number of hydrogen-bond acceptors (Lipinski definition) is 4. The predicted octanol–water partition coefficient (Wildman–Crippen LogP) is 2.21. The van der Waals surface area contributed by atoms with E-state index in [1.165, 1.54) is 11.3 Å². The van der Waals surface area contributed by atoms with Crippen molar-refractivity contribution < 1.29 is 9.59 Å². The lowest BCUT2D eigenvalue weighted by Crippen LogP contribution is -2.52. The first-order valence-corrected chi connectivity index (χ1v) is 8.98. The van der Waals surface area contributed by atoms with Gasteiger partial charge in [-0.25, -0.2) is 0 Å². The molecule has 0 bridgehead atoms. The third-order valence-electron chi connectivity index (χ3n) is 4.28. The first kappa shape index (κ1) is 16.7. The number of thiophene rings is 1. The fourth-order valence-electron chi connectivity index (χ4n) is 3.21. The van der Waals surface area contributed by atoms with Gasteiger partial charge in [0.1, 0.15) is 6.04 Å². The normalized spacial score (nSPS) is 19.2. The fourth-order valence-corrected chi connectivity index (χ4v) is 4.05. The van der Waals surface area contributed by atoms with E-state index in [1.54, 1.807) is 4.90 Å². The van der Waals surface area contributed by atoms with Gasteiger partial charge in [0, 0.05) is 30.1 Å². The van der Waals surface area contributed by atoms with Gasteiger partial charge in [-0.15, -0.1) is 11.3 Å². The van der Waals surface area contributed by atoms with Gasteiger partial charge in [-0.1, -0.05) is 6.07 Å². The largest absolute Gasteiger partial charge is 0.352 e. The predicted molar refractivity (Wildman–Crippen MR) is 92.8 cm³/mol. The lowest BCUT2D eigenvalue weighted by atomic mass is 10.1. The van der Waals surface area contributed by atoms with E-state index in [2.05, 4.69) is 10.4 Å². The van der Waals surface area contributed by atoms with E-state index >= 15 is 0 Å². The molecule has 0 aliphatic carbocycles. The molecule has 1 aliphatic rings. The second-order valence-corrected chi connectivity index (χ2v) is 7.20. The Bertz CT molecular complexity index is 738. The Morgan fingerprint density at radius 1 is 1.50 bits per heavy atom. The summed E-state index contributed by atoms with van der Waals surface area (Å²) in [4.78, 5) is 27.8. The molecule has 128 valence electrons. The number of piperazine rings is 1. The Kier molecular flexibility index (Phi) is 4.71. The second-order valence-electron chi connectivity index (χ2n) is 6.22. The zero-order valence-electron chi connectivity index (χ0n) is 14.2. The number of carbonyl (C=O) groups excluding carboxylic acids is 2. The van der Waals surface area contributed by atoms with Crippen molar-refractivity contribution in [3.05, 3.63) is 39.8 Å². The standard InChI is InChI=1S/C17H22N4O2S/c1-11-9-12(2)21(19-11)13(3)10-15(22)20-7-6-18-17(23)16(20)14-5-4-8-24-14/h4-5,8-9,13,16H,6-7,10H2,1-3H3,(H,18,23). The van der Waals surface area contributed by atoms with Gasteiger partial charge in [0.05, 0.1) is 11.7 Å². The number of rotatable bonds is 4. The summed E-state index contributed by atoms with van der Waals surface area (Å²) in [6.45, 7) is 6.96. The summed E-state index contributed by atoms with van der Waals surface area (Å²) in [5, 5.41) is 9.25. The van der Waals surface area contributed by atoms with E-state index in [1.807, 2.05) is 49.0 Å². The van der Waals surface area contributed by atoms with Crippen molar-refractivity contribution >= 4 is 23.2 Å². The van der Waals surface area contributed by atoms with Crippen molar-refractivity contribution in [3.8, 4) is 0 Å². The highest BCUT2D eigenvalue weighted by Gasteiger charge is 2.35. The topological polar surface area (TPSA) is 67.2 Å². The summed E-state index contributed by atoms with van der Waals surface area (Å²) in [5.41, 5.74) is 1.99. The van der Waals surface area contributed by atoms with Crippen LogP contribution in [0.4, 0.5) is 0 Å². The van der Waals surface area contributed by atoms with Crippen molar-refractivity contribution in [2.45, 2.75) is 39.3 Å². The van der Waals surface area contributed by atoms with Gasteiger partial charge < -0.3 is 10.2 Å².